The highest BCUT2D eigenvalue weighted by atomic mass is 19.4. The molecule has 6 nitrogen and oxygen atoms in total. The summed E-state index contributed by atoms with van der Waals surface area (Å²) in [6, 6.07) is 2.33. The van der Waals surface area contributed by atoms with Crippen LogP contribution >= 0.6 is 0 Å². The molecule has 0 radical (unpaired) electrons. The minimum atomic E-state index is -4.56. The zero-order chi connectivity index (χ0) is 21.4. The highest BCUT2D eigenvalue weighted by molar-refractivity contribution is 5.68. The number of carbonyl (C=O) groups is 1. The van der Waals surface area contributed by atoms with Gasteiger partial charge in [0.05, 0.1) is 24.4 Å². The number of halogens is 4. The Morgan fingerprint density at radius 1 is 1.28 bits per heavy atom. The van der Waals surface area contributed by atoms with Crippen molar-refractivity contribution >= 4 is 6.09 Å². The van der Waals surface area contributed by atoms with Crippen molar-refractivity contribution in [1.82, 2.24) is 19.9 Å². The van der Waals surface area contributed by atoms with Gasteiger partial charge in [-0.2, -0.15) is 13.2 Å². The molecule has 2 aromatic rings. The van der Waals surface area contributed by atoms with E-state index in [0.717, 1.165) is 12.3 Å². The zero-order valence-corrected chi connectivity index (χ0v) is 16.3. The van der Waals surface area contributed by atoms with Crippen LogP contribution in [0, 0.1) is 0 Å². The van der Waals surface area contributed by atoms with Crippen molar-refractivity contribution in [3.63, 3.8) is 0 Å². The van der Waals surface area contributed by atoms with Crippen molar-refractivity contribution in [1.29, 1.82) is 0 Å². The lowest BCUT2D eigenvalue weighted by Gasteiger charge is -2.34. The fourth-order valence-corrected chi connectivity index (χ4v) is 3.13. The summed E-state index contributed by atoms with van der Waals surface area (Å²) >= 11 is 0. The average Bonchev–Trinajstić information content (AvgIpc) is 3.09. The lowest BCUT2D eigenvalue weighted by Crippen LogP contribution is -2.46. The summed E-state index contributed by atoms with van der Waals surface area (Å²) in [4.78, 5) is 23.8. The molecule has 2 aromatic heterocycles. The minimum absolute atomic E-state index is 0.136. The third kappa shape index (κ3) is 5.04. The predicted molar refractivity (Wildman–Crippen MR) is 96.9 cm³/mol. The maximum Gasteiger partial charge on any atom is 0.433 e. The van der Waals surface area contributed by atoms with Gasteiger partial charge in [-0.1, -0.05) is 0 Å². The van der Waals surface area contributed by atoms with Gasteiger partial charge in [-0.25, -0.2) is 14.2 Å². The van der Waals surface area contributed by atoms with Crippen molar-refractivity contribution in [2.45, 2.75) is 51.1 Å². The Morgan fingerprint density at radius 2 is 2.00 bits per heavy atom. The van der Waals surface area contributed by atoms with E-state index in [1.54, 1.807) is 20.8 Å². The van der Waals surface area contributed by atoms with Crippen LogP contribution in [0.15, 0.2) is 24.5 Å². The normalized spacial score (nSPS) is 20.6. The van der Waals surface area contributed by atoms with E-state index < -0.39 is 35.7 Å². The SMILES string of the molecule is CC(C)(C)OC(=O)N1CCC(c2ncc(-c3ccnc(C(F)(F)F)c3)[nH]2)C(F)C1. The Balaban J connectivity index is 1.71. The summed E-state index contributed by atoms with van der Waals surface area (Å²) < 4.78 is 58.6. The van der Waals surface area contributed by atoms with E-state index in [0.29, 0.717) is 24.5 Å². The van der Waals surface area contributed by atoms with Gasteiger partial charge in [0.1, 0.15) is 23.3 Å². The van der Waals surface area contributed by atoms with Crippen LogP contribution in [0.4, 0.5) is 22.4 Å². The fraction of sp³-hybridized carbons (Fsp3) is 0.526. The molecule has 29 heavy (non-hydrogen) atoms. The van der Waals surface area contributed by atoms with Gasteiger partial charge in [-0.3, -0.25) is 4.98 Å². The number of H-pyrrole nitrogens is 1. The molecule has 3 heterocycles. The lowest BCUT2D eigenvalue weighted by molar-refractivity contribution is -0.141. The van der Waals surface area contributed by atoms with Gasteiger partial charge in [0.25, 0.3) is 0 Å². The van der Waals surface area contributed by atoms with Crippen molar-refractivity contribution in [2.75, 3.05) is 13.1 Å². The third-order valence-corrected chi connectivity index (χ3v) is 4.50. The molecular weight excluding hydrogens is 392 g/mol. The molecule has 2 atom stereocenters. The predicted octanol–water partition coefficient (Wildman–Crippen LogP) is 4.55. The summed E-state index contributed by atoms with van der Waals surface area (Å²) in [5.41, 5.74) is -1.09. The maximum absolute atomic E-state index is 14.7. The standard InChI is InChI=1S/C19H22F4N4O2/c1-18(2,3)29-17(28)27-7-5-12(13(20)10-27)16-25-9-14(26-16)11-4-6-24-15(8-11)19(21,22)23/h4,6,8-9,12-13H,5,7,10H2,1-3H3,(H,25,26). The van der Waals surface area contributed by atoms with Crippen LogP contribution in [0.2, 0.25) is 0 Å². The van der Waals surface area contributed by atoms with Gasteiger partial charge in [-0.15, -0.1) is 0 Å². The first-order valence-electron chi connectivity index (χ1n) is 9.14. The second-order valence-corrected chi connectivity index (χ2v) is 7.95. The molecule has 0 saturated carbocycles. The molecule has 3 rings (SSSR count). The van der Waals surface area contributed by atoms with E-state index in [9.17, 15) is 22.4 Å². The van der Waals surface area contributed by atoms with Crippen molar-refractivity contribution in [3.05, 3.63) is 36.0 Å². The number of nitrogens with one attached hydrogen (secondary N) is 1. The number of pyridine rings is 1. The van der Waals surface area contributed by atoms with Crippen LogP contribution in [0.3, 0.4) is 0 Å². The van der Waals surface area contributed by atoms with Crippen LogP contribution in [0.5, 0.6) is 0 Å². The molecule has 0 aliphatic carbocycles. The van der Waals surface area contributed by atoms with Crippen LogP contribution < -0.4 is 0 Å². The molecule has 10 heteroatoms. The number of aromatic amines is 1. The summed E-state index contributed by atoms with van der Waals surface area (Å²) in [5, 5.41) is 0. The summed E-state index contributed by atoms with van der Waals surface area (Å²) in [5.74, 6) is -0.256. The molecule has 1 fully saturated rings. The first kappa shape index (κ1) is 21.1. The van der Waals surface area contributed by atoms with Gasteiger partial charge in [0.15, 0.2) is 0 Å². The topological polar surface area (TPSA) is 71.1 Å². The van der Waals surface area contributed by atoms with Crippen molar-refractivity contribution in [2.24, 2.45) is 0 Å². The molecule has 158 valence electrons. The number of imidazole rings is 1. The maximum atomic E-state index is 14.7. The first-order chi connectivity index (χ1) is 13.4. The number of amides is 1. The number of piperidine rings is 1. The number of hydrogen-bond donors (Lipinski definition) is 1. The highest BCUT2D eigenvalue weighted by Gasteiger charge is 2.36. The van der Waals surface area contributed by atoms with E-state index in [1.165, 1.54) is 17.2 Å². The number of rotatable bonds is 2. The number of alkyl halides is 4. The Labute approximate surface area is 165 Å². The zero-order valence-electron chi connectivity index (χ0n) is 16.3. The van der Waals surface area contributed by atoms with E-state index in [-0.39, 0.29) is 12.1 Å². The lowest BCUT2D eigenvalue weighted by atomic mass is 9.94. The van der Waals surface area contributed by atoms with Crippen LogP contribution in [0.25, 0.3) is 11.3 Å². The number of hydrogen-bond acceptors (Lipinski definition) is 4. The number of nitrogens with zero attached hydrogens (tertiary/aromatic N) is 3. The second-order valence-electron chi connectivity index (χ2n) is 7.95. The summed E-state index contributed by atoms with van der Waals surface area (Å²) in [7, 11) is 0. The average molecular weight is 414 g/mol. The molecule has 1 amide bonds. The smallest absolute Gasteiger partial charge is 0.433 e. The summed E-state index contributed by atoms with van der Waals surface area (Å²) in [6.07, 6.45) is -3.75. The molecule has 0 spiro atoms. The first-order valence-corrected chi connectivity index (χ1v) is 9.14. The van der Waals surface area contributed by atoms with E-state index in [1.807, 2.05) is 0 Å². The van der Waals surface area contributed by atoms with Gasteiger partial charge in [0.2, 0.25) is 0 Å². The molecule has 0 aromatic carbocycles. The van der Waals surface area contributed by atoms with Gasteiger partial charge in [0, 0.05) is 18.3 Å². The van der Waals surface area contributed by atoms with E-state index in [2.05, 4.69) is 15.0 Å². The molecule has 0 bridgehead atoms. The quantitative estimate of drug-likeness (QED) is 0.732. The fourth-order valence-electron chi connectivity index (χ4n) is 3.13. The molecule has 2 unspecified atom stereocenters. The monoisotopic (exact) mass is 414 g/mol. The number of carbonyl (C=O) groups excluding carboxylic acids is 1. The number of likely N-dealkylation sites (tertiary alicyclic amines) is 1. The Hall–Kier alpha value is -2.65. The number of aromatic nitrogens is 3. The van der Waals surface area contributed by atoms with Gasteiger partial charge < -0.3 is 14.6 Å². The van der Waals surface area contributed by atoms with E-state index >= 15 is 0 Å². The van der Waals surface area contributed by atoms with E-state index in [4.69, 9.17) is 4.74 Å². The van der Waals surface area contributed by atoms with Crippen molar-refractivity contribution in [3.8, 4) is 11.3 Å². The summed E-state index contributed by atoms with van der Waals surface area (Å²) in [6.45, 7) is 5.36. The molecule has 1 N–H and O–H groups in total. The van der Waals surface area contributed by atoms with Gasteiger partial charge in [-0.05, 0) is 39.3 Å². The van der Waals surface area contributed by atoms with Crippen molar-refractivity contribution < 1.29 is 27.1 Å². The molecule has 1 saturated heterocycles. The van der Waals surface area contributed by atoms with Crippen LogP contribution in [-0.4, -0.2) is 50.8 Å². The second kappa shape index (κ2) is 7.64. The van der Waals surface area contributed by atoms with Crippen LogP contribution in [-0.2, 0) is 10.9 Å². The molecule has 1 aliphatic heterocycles. The third-order valence-electron chi connectivity index (χ3n) is 4.50. The largest absolute Gasteiger partial charge is 0.444 e. The number of ether oxygens (including phenoxy) is 1. The Morgan fingerprint density at radius 3 is 2.62 bits per heavy atom. The Kier molecular flexibility index (Phi) is 5.55. The molecule has 1 aliphatic rings. The van der Waals surface area contributed by atoms with Gasteiger partial charge >= 0.3 is 12.3 Å². The minimum Gasteiger partial charge on any atom is -0.444 e. The molecular formula is C19H22F4N4O2. The van der Waals surface area contributed by atoms with Crippen LogP contribution in [0.1, 0.15) is 44.6 Å². The highest BCUT2D eigenvalue weighted by Crippen LogP contribution is 2.33. The Bertz CT molecular complexity index is 876.